The summed E-state index contributed by atoms with van der Waals surface area (Å²) in [4.78, 5) is 74.1. The lowest BCUT2D eigenvalue weighted by atomic mass is 9.66. The summed E-state index contributed by atoms with van der Waals surface area (Å²) in [5, 5.41) is 18.3. The van der Waals surface area contributed by atoms with Crippen molar-refractivity contribution in [2.24, 2.45) is 0 Å². The average Bonchev–Trinajstić information content (AvgIpc) is 3.38. The molecular weight excluding hydrogens is 961 g/mol. The van der Waals surface area contributed by atoms with Crippen molar-refractivity contribution in [3.05, 3.63) is 118 Å². The quantitative estimate of drug-likeness (QED) is 0.0422. The van der Waals surface area contributed by atoms with E-state index in [-0.39, 0.29) is 78.5 Å². The van der Waals surface area contributed by atoms with E-state index in [2.05, 4.69) is 13.2 Å². The fourth-order valence-corrected chi connectivity index (χ4v) is 9.71. The van der Waals surface area contributed by atoms with Crippen LogP contribution in [0.2, 0.25) is 0 Å². The Morgan fingerprint density at radius 1 is 0.459 bits per heavy atom. The maximum absolute atomic E-state index is 13.0. The van der Waals surface area contributed by atoms with E-state index in [4.69, 9.17) is 57.6 Å². The van der Waals surface area contributed by atoms with Gasteiger partial charge in [-0.1, -0.05) is 40.9 Å². The maximum atomic E-state index is 13.0. The number of hydrogen-bond donors (Lipinski definition) is 2. The molecule has 2 N–H and O–H groups in total. The van der Waals surface area contributed by atoms with Crippen LogP contribution in [0.25, 0.3) is 0 Å². The van der Waals surface area contributed by atoms with Crippen LogP contribution >= 0.6 is 0 Å². The number of hydrogen-bond acceptors (Lipinski definition) is 18. The Morgan fingerprint density at radius 3 is 0.946 bits per heavy atom. The standard InChI is InChI=1S/C31H32O10.C25H28O8/c1-5-19-13-21-25(15-23(19)36-9-11-38-27(32)7-3)40-29(34)17-31(21)18-30(35)41-26-16-24(20(6-2)14-22(26)31)37-10-12-39-28(33)8-4;1-3-15-9-17-21(11-19(15)30-7-5-26)32-23(28)13-25(17)14-24(29)33-22-12-20(31-8-6-27)16(4-2)10-18(22)25/h7-8,13-16H,3-6,9-12,17-18H2,1-2H3;9-12,26-27H,3-8,13-14H2,1-2H3. The van der Waals surface area contributed by atoms with Crippen molar-refractivity contribution in [3.63, 3.8) is 0 Å². The Labute approximate surface area is 428 Å². The zero-order valence-corrected chi connectivity index (χ0v) is 41.9. The molecular formula is C56H60O18. The first-order chi connectivity index (χ1) is 35.7. The lowest BCUT2D eigenvalue weighted by Gasteiger charge is -2.41. The third-order valence-electron chi connectivity index (χ3n) is 13.1. The van der Waals surface area contributed by atoms with Crippen molar-refractivity contribution < 1.29 is 86.3 Å². The summed E-state index contributed by atoms with van der Waals surface area (Å²) >= 11 is 0. The Balaban J connectivity index is 0.000000221. The first-order valence-electron chi connectivity index (χ1n) is 24.5. The molecule has 0 saturated carbocycles. The SMILES string of the molecule is C=CC(=O)OCCOc1cc2c(cc1CC)C1(CC(=O)O2)CC(=O)Oc2cc(OCCOC(=O)C=C)c(CC)cc21.CCc1cc2c(cc1OCCO)OC(=O)CC21CC(=O)Oc2cc(OCCO)c(CC)cc21. The van der Waals surface area contributed by atoms with Gasteiger partial charge in [0, 0.05) is 69.5 Å². The summed E-state index contributed by atoms with van der Waals surface area (Å²) < 4.78 is 55.5. The normalized spacial score (nSPS) is 15.2. The lowest BCUT2D eigenvalue weighted by molar-refractivity contribution is -0.142. The summed E-state index contributed by atoms with van der Waals surface area (Å²) in [5.41, 5.74) is 4.33. The van der Waals surface area contributed by atoms with Gasteiger partial charge in [-0.15, -0.1) is 0 Å². The van der Waals surface area contributed by atoms with Gasteiger partial charge in [0.15, 0.2) is 0 Å². The second kappa shape index (κ2) is 23.9. The number of aliphatic hydroxyl groups excluding tert-OH is 2. The number of benzene rings is 4. The number of fused-ring (bicyclic) bond motifs is 8. The number of ether oxygens (including phenoxy) is 10. The molecule has 2 spiro atoms. The summed E-state index contributed by atoms with van der Waals surface area (Å²) in [6.07, 6.45) is 4.55. The smallest absolute Gasteiger partial charge is 0.330 e. The van der Waals surface area contributed by atoms with Crippen LogP contribution in [0.5, 0.6) is 46.0 Å². The van der Waals surface area contributed by atoms with Gasteiger partial charge in [-0.3, -0.25) is 19.2 Å². The second-order valence-electron chi connectivity index (χ2n) is 17.6. The maximum Gasteiger partial charge on any atom is 0.330 e. The van der Waals surface area contributed by atoms with Crippen LogP contribution < -0.4 is 37.9 Å². The molecule has 74 heavy (non-hydrogen) atoms. The van der Waals surface area contributed by atoms with Crippen LogP contribution in [0.1, 0.15) is 97.9 Å². The highest BCUT2D eigenvalue weighted by molar-refractivity contribution is 5.88. The zero-order valence-electron chi connectivity index (χ0n) is 41.9. The highest BCUT2D eigenvalue weighted by Crippen LogP contribution is 2.56. The monoisotopic (exact) mass is 1020 g/mol. The summed E-state index contributed by atoms with van der Waals surface area (Å²) in [5.74, 6) is 0.343. The van der Waals surface area contributed by atoms with Gasteiger partial charge in [0.05, 0.1) is 38.9 Å². The van der Waals surface area contributed by atoms with Gasteiger partial charge in [-0.05, 0) is 72.2 Å². The molecule has 0 radical (unpaired) electrons. The van der Waals surface area contributed by atoms with Gasteiger partial charge in [0.25, 0.3) is 0 Å². The highest BCUT2D eigenvalue weighted by Gasteiger charge is 2.52. The van der Waals surface area contributed by atoms with Crippen molar-refractivity contribution in [2.45, 2.75) is 89.9 Å². The number of aryl methyl sites for hydroxylation is 4. The molecule has 4 aliphatic rings. The zero-order chi connectivity index (χ0) is 53.2. The number of aliphatic hydroxyl groups is 2. The van der Waals surface area contributed by atoms with E-state index in [0.29, 0.717) is 82.8 Å². The van der Waals surface area contributed by atoms with E-state index in [1.807, 2.05) is 52.0 Å². The Bertz CT molecular complexity index is 2650. The molecule has 0 fully saturated rings. The Morgan fingerprint density at radius 2 is 0.716 bits per heavy atom. The molecule has 392 valence electrons. The Hall–Kier alpha value is -7.70. The molecule has 8 rings (SSSR count). The van der Waals surface area contributed by atoms with Crippen molar-refractivity contribution in [3.8, 4) is 46.0 Å². The topological polar surface area (TPSA) is 235 Å². The fourth-order valence-electron chi connectivity index (χ4n) is 9.71. The molecule has 4 heterocycles. The van der Waals surface area contributed by atoms with Crippen LogP contribution in [-0.4, -0.2) is 98.9 Å². The van der Waals surface area contributed by atoms with E-state index >= 15 is 0 Å². The Kier molecular flexibility index (Phi) is 17.5. The third-order valence-corrected chi connectivity index (χ3v) is 13.1. The molecule has 0 aromatic heterocycles. The van der Waals surface area contributed by atoms with Gasteiger partial charge in [0.1, 0.15) is 85.6 Å². The molecule has 0 atom stereocenters. The first kappa shape index (κ1) is 54.1. The summed E-state index contributed by atoms with van der Waals surface area (Å²) in [6, 6.07) is 14.3. The van der Waals surface area contributed by atoms with E-state index in [9.17, 15) is 28.8 Å². The minimum absolute atomic E-state index is 0.00208. The van der Waals surface area contributed by atoms with Crippen molar-refractivity contribution >= 4 is 35.8 Å². The second-order valence-corrected chi connectivity index (χ2v) is 17.6. The van der Waals surface area contributed by atoms with Crippen LogP contribution in [0.3, 0.4) is 0 Å². The number of esters is 6. The molecule has 0 aliphatic carbocycles. The molecule has 0 unspecified atom stereocenters. The van der Waals surface area contributed by atoms with Crippen molar-refractivity contribution in [2.75, 3.05) is 52.9 Å². The van der Waals surface area contributed by atoms with Crippen LogP contribution in [0.4, 0.5) is 0 Å². The predicted molar refractivity (Wildman–Crippen MR) is 264 cm³/mol. The highest BCUT2D eigenvalue weighted by atomic mass is 16.6. The lowest BCUT2D eigenvalue weighted by Crippen LogP contribution is -2.43. The third kappa shape index (κ3) is 11.4. The van der Waals surface area contributed by atoms with Gasteiger partial charge in [0.2, 0.25) is 0 Å². The number of rotatable bonds is 20. The van der Waals surface area contributed by atoms with Crippen molar-refractivity contribution in [1.82, 2.24) is 0 Å². The van der Waals surface area contributed by atoms with E-state index < -0.39 is 46.6 Å². The van der Waals surface area contributed by atoms with Gasteiger partial charge in [-0.25, -0.2) is 9.59 Å². The minimum atomic E-state index is -1.01. The number of carbonyl (C=O) groups is 6. The molecule has 18 nitrogen and oxygen atoms in total. The molecule has 4 aromatic carbocycles. The van der Waals surface area contributed by atoms with Crippen LogP contribution in [0, 0.1) is 0 Å². The molecule has 0 saturated heterocycles. The van der Waals surface area contributed by atoms with Crippen LogP contribution in [0.15, 0.2) is 73.8 Å². The summed E-state index contributed by atoms with van der Waals surface area (Å²) in [6.45, 7) is 14.8. The van der Waals surface area contributed by atoms with E-state index in [0.717, 1.165) is 45.5 Å². The molecule has 18 heteroatoms. The van der Waals surface area contributed by atoms with Gasteiger partial charge >= 0.3 is 35.8 Å². The van der Waals surface area contributed by atoms with E-state index in [1.165, 1.54) is 0 Å². The molecule has 4 aromatic rings. The molecule has 0 amide bonds. The fraction of sp³-hybridized carbons (Fsp3) is 0.393. The molecule has 4 aliphatic heterocycles. The van der Waals surface area contributed by atoms with E-state index in [1.54, 1.807) is 24.3 Å². The van der Waals surface area contributed by atoms with Gasteiger partial charge < -0.3 is 57.6 Å². The number of carbonyl (C=O) groups excluding carboxylic acids is 6. The largest absolute Gasteiger partial charge is 0.491 e. The average molecular weight is 1020 g/mol. The predicted octanol–water partition coefficient (Wildman–Crippen LogP) is 6.39. The molecule has 0 bridgehead atoms. The van der Waals surface area contributed by atoms with Gasteiger partial charge in [-0.2, -0.15) is 0 Å². The minimum Gasteiger partial charge on any atom is -0.491 e. The van der Waals surface area contributed by atoms with Crippen LogP contribution in [-0.2, 0) is 74.8 Å². The first-order valence-corrected chi connectivity index (χ1v) is 24.5. The summed E-state index contributed by atoms with van der Waals surface area (Å²) in [7, 11) is 0. The van der Waals surface area contributed by atoms with Crippen molar-refractivity contribution in [1.29, 1.82) is 0 Å².